The largest absolute Gasteiger partial charge is 0.250 e. The highest BCUT2D eigenvalue weighted by molar-refractivity contribution is 7.88. The Morgan fingerprint density at radius 1 is 1.05 bits per heavy atom. The lowest BCUT2D eigenvalue weighted by Gasteiger charge is -2.01. The number of allylic oxidation sites excluding steroid dienone is 1. The minimum atomic E-state index is -1.18. The maximum absolute atomic E-state index is 12.4. The molecule has 2 rings (SSSR count). The van der Waals surface area contributed by atoms with Crippen molar-refractivity contribution >= 4 is 16.4 Å². The maximum atomic E-state index is 12.4. The Balaban J connectivity index is 2.34. The van der Waals surface area contributed by atoms with E-state index < -0.39 is 10.8 Å². The quantitative estimate of drug-likeness (QED) is 0.751. The second-order valence-corrected chi connectivity index (χ2v) is 5.86. The Bertz CT molecular complexity index is 676. The van der Waals surface area contributed by atoms with Crippen LogP contribution >= 0.6 is 0 Å². The van der Waals surface area contributed by atoms with E-state index in [2.05, 4.69) is 18.8 Å². The zero-order chi connectivity index (χ0) is 14.9. The van der Waals surface area contributed by atoms with Crippen molar-refractivity contribution in [2.75, 3.05) is 0 Å². The Kier molecular flexibility index (Phi) is 5.99. The first kappa shape index (κ1) is 15.3. The molecule has 0 bridgehead atoms. The summed E-state index contributed by atoms with van der Waals surface area (Å²) in [7, 11) is -1.18. The van der Waals surface area contributed by atoms with E-state index in [1.807, 2.05) is 60.7 Å². The molecule has 2 aromatic rings. The molecule has 0 heterocycles. The van der Waals surface area contributed by atoms with Crippen LogP contribution in [0.3, 0.4) is 0 Å². The van der Waals surface area contributed by atoms with Gasteiger partial charge in [0, 0.05) is 22.3 Å². The summed E-state index contributed by atoms with van der Waals surface area (Å²) in [5.74, 6) is 6.29. The minimum Gasteiger partial charge on any atom is -0.250 e. The first-order valence-corrected chi connectivity index (χ1v) is 8.24. The van der Waals surface area contributed by atoms with Gasteiger partial charge in [0.1, 0.15) is 0 Å². The first-order valence-electron chi connectivity index (χ1n) is 7.03. The van der Waals surface area contributed by atoms with Crippen molar-refractivity contribution in [1.29, 1.82) is 0 Å². The van der Waals surface area contributed by atoms with Gasteiger partial charge in [0.15, 0.2) is 0 Å². The smallest absolute Gasteiger partial charge is 0.0788 e. The fourth-order valence-electron chi connectivity index (χ4n) is 1.80. The van der Waals surface area contributed by atoms with Gasteiger partial charge in [-0.3, -0.25) is 0 Å². The second kappa shape index (κ2) is 8.24. The van der Waals surface area contributed by atoms with Crippen molar-refractivity contribution in [2.45, 2.75) is 24.7 Å². The molecule has 0 aliphatic rings. The van der Waals surface area contributed by atoms with Crippen LogP contribution in [0.25, 0.3) is 5.57 Å². The van der Waals surface area contributed by atoms with Gasteiger partial charge in [-0.2, -0.15) is 0 Å². The van der Waals surface area contributed by atoms with E-state index in [0.717, 1.165) is 28.9 Å². The van der Waals surface area contributed by atoms with Gasteiger partial charge in [-0.15, -0.1) is 0 Å². The molecule has 0 saturated carbocycles. The molecule has 21 heavy (non-hydrogen) atoms. The molecule has 0 N–H and O–H groups in total. The molecule has 0 spiro atoms. The van der Waals surface area contributed by atoms with Gasteiger partial charge in [-0.1, -0.05) is 67.3 Å². The molecule has 0 saturated heterocycles. The summed E-state index contributed by atoms with van der Waals surface area (Å²) in [6, 6.07) is 19.3. The minimum absolute atomic E-state index is 0.795. The van der Waals surface area contributed by atoms with Crippen LogP contribution in [-0.4, -0.2) is 4.21 Å². The van der Waals surface area contributed by atoms with Crippen molar-refractivity contribution in [3.05, 3.63) is 71.6 Å². The van der Waals surface area contributed by atoms with Crippen molar-refractivity contribution in [2.24, 2.45) is 0 Å². The predicted octanol–water partition coefficient (Wildman–Crippen LogP) is 4.64. The predicted molar refractivity (Wildman–Crippen MR) is 90.0 cm³/mol. The van der Waals surface area contributed by atoms with Gasteiger partial charge < -0.3 is 0 Å². The molecule has 0 radical (unpaired) electrons. The highest BCUT2D eigenvalue weighted by Gasteiger charge is 2.03. The van der Waals surface area contributed by atoms with Crippen molar-refractivity contribution in [3.8, 4) is 11.8 Å². The van der Waals surface area contributed by atoms with E-state index in [0.29, 0.717) is 0 Å². The molecular weight excluding hydrogens is 276 g/mol. The lowest BCUT2D eigenvalue weighted by atomic mass is 10.1. The van der Waals surface area contributed by atoms with Crippen LogP contribution in [0.1, 0.15) is 25.3 Å². The van der Waals surface area contributed by atoms with Crippen LogP contribution in [-0.2, 0) is 10.8 Å². The third-order valence-electron chi connectivity index (χ3n) is 2.88. The molecule has 106 valence electrons. The molecule has 1 nitrogen and oxygen atoms in total. The molecule has 0 aliphatic heterocycles. The van der Waals surface area contributed by atoms with Crippen molar-refractivity contribution < 1.29 is 4.21 Å². The number of hydrogen-bond acceptors (Lipinski definition) is 1. The summed E-state index contributed by atoms with van der Waals surface area (Å²) in [4.78, 5) is 0.795. The van der Waals surface area contributed by atoms with Crippen LogP contribution in [0.5, 0.6) is 0 Å². The number of rotatable bonds is 4. The Morgan fingerprint density at radius 3 is 2.29 bits per heavy atom. The SMILES string of the molecule is CCCC#C/C(=C\S(=O)c1ccccc1)c1ccccc1. The van der Waals surface area contributed by atoms with Gasteiger partial charge in [0.25, 0.3) is 0 Å². The summed E-state index contributed by atoms with van der Waals surface area (Å²) < 4.78 is 12.4. The van der Waals surface area contributed by atoms with E-state index in [1.165, 1.54) is 0 Å². The number of unbranched alkanes of at least 4 members (excludes halogenated alkanes) is 1. The maximum Gasteiger partial charge on any atom is 0.0788 e. The van der Waals surface area contributed by atoms with Crippen LogP contribution < -0.4 is 0 Å². The fraction of sp³-hybridized carbons (Fsp3) is 0.158. The summed E-state index contributed by atoms with van der Waals surface area (Å²) in [5.41, 5.74) is 1.83. The normalized spacial score (nSPS) is 12.3. The lowest BCUT2D eigenvalue weighted by Crippen LogP contribution is -1.89. The zero-order valence-corrected chi connectivity index (χ0v) is 12.9. The van der Waals surface area contributed by atoms with Gasteiger partial charge in [0.2, 0.25) is 0 Å². The fourth-order valence-corrected chi connectivity index (χ4v) is 2.77. The lowest BCUT2D eigenvalue weighted by molar-refractivity contribution is 0.688. The molecule has 0 fully saturated rings. The third-order valence-corrected chi connectivity index (χ3v) is 4.07. The van der Waals surface area contributed by atoms with Crippen LogP contribution in [0.2, 0.25) is 0 Å². The van der Waals surface area contributed by atoms with Crippen molar-refractivity contribution in [1.82, 2.24) is 0 Å². The highest BCUT2D eigenvalue weighted by atomic mass is 32.2. The molecule has 0 aliphatic carbocycles. The van der Waals surface area contributed by atoms with Crippen molar-refractivity contribution in [3.63, 3.8) is 0 Å². The van der Waals surface area contributed by atoms with Gasteiger partial charge >= 0.3 is 0 Å². The van der Waals surface area contributed by atoms with E-state index in [4.69, 9.17) is 0 Å². The number of benzene rings is 2. The second-order valence-electron chi connectivity index (χ2n) is 4.56. The molecule has 0 aromatic heterocycles. The zero-order valence-electron chi connectivity index (χ0n) is 12.1. The average molecular weight is 294 g/mol. The monoisotopic (exact) mass is 294 g/mol. The highest BCUT2D eigenvalue weighted by Crippen LogP contribution is 2.17. The summed E-state index contributed by atoms with van der Waals surface area (Å²) >= 11 is 0. The Labute approximate surface area is 129 Å². The molecule has 2 aromatic carbocycles. The summed E-state index contributed by atoms with van der Waals surface area (Å²) in [5, 5.41) is 1.74. The van der Waals surface area contributed by atoms with Crippen LogP contribution in [0.4, 0.5) is 0 Å². The van der Waals surface area contributed by atoms with E-state index >= 15 is 0 Å². The standard InChI is InChI=1S/C19H18OS/c1-2-3-6-13-18(17-11-7-4-8-12-17)16-21(20)19-14-9-5-10-15-19/h4-5,7-12,14-16H,2-3H2,1H3/b18-16+. The van der Waals surface area contributed by atoms with Gasteiger partial charge in [-0.05, 0) is 24.1 Å². The Morgan fingerprint density at radius 2 is 1.67 bits per heavy atom. The molecule has 1 unspecified atom stereocenters. The van der Waals surface area contributed by atoms with Crippen LogP contribution in [0.15, 0.2) is 71.0 Å². The Hall–Kier alpha value is -2.11. The molecular formula is C19H18OS. The van der Waals surface area contributed by atoms with Crippen LogP contribution in [0, 0.1) is 11.8 Å². The van der Waals surface area contributed by atoms with Gasteiger partial charge in [-0.25, -0.2) is 4.21 Å². The molecule has 0 amide bonds. The van der Waals surface area contributed by atoms with E-state index in [-0.39, 0.29) is 0 Å². The number of hydrogen-bond donors (Lipinski definition) is 0. The molecule has 2 heteroatoms. The third kappa shape index (κ3) is 4.73. The van der Waals surface area contributed by atoms with E-state index in [9.17, 15) is 4.21 Å². The topological polar surface area (TPSA) is 17.1 Å². The first-order chi connectivity index (χ1) is 10.3. The van der Waals surface area contributed by atoms with Gasteiger partial charge in [0.05, 0.1) is 10.8 Å². The molecule has 1 atom stereocenters. The summed E-state index contributed by atoms with van der Waals surface area (Å²) in [6.45, 7) is 2.10. The van der Waals surface area contributed by atoms with E-state index in [1.54, 1.807) is 5.41 Å². The summed E-state index contributed by atoms with van der Waals surface area (Å²) in [6.07, 6.45) is 1.87. The average Bonchev–Trinajstić information content (AvgIpc) is 2.55.